The fraction of sp³-hybridized carbons (Fsp3) is 0. The second kappa shape index (κ2) is 16.2. The maximum Gasteiger partial charge on any atom is 0.335 e. The Morgan fingerprint density at radius 3 is 1.15 bits per heavy atom. The van der Waals surface area contributed by atoms with Crippen LogP contribution in [0.2, 0.25) is 0 Å². The van der Waals surface area contributed by atoms with Gasteiger partial charge in [-0.25, -0.2) is 19.2 Å². The van der Waals surface area contributed by atoms with E-state index in [2.05, 4.69) is 50.0 Å². The number of rotatable bonds is 9. The van der Waals surface area contributed by atoms with Crippen molar-refractivity contribution < 1.29 is 38.1 Å². The summed E-state index contributed by atoms with van der Waals surface area (Å²) in [6.07, 6.45) is 4.13. The van der Waals surface area contributed by atoms with Crippen molar-refractivity contribution in [1.82, 2.24) is 0 Å². The molecule has 0 amide bonds. The summed E-state index contributed by atoms with van der Waals surface area (Å²) in [6, 6.07) is 23.5. The van der Waals surface area contributed by atoms with E-state index in [1.54, 1.807) is 72.8 Å². The maximum absolute atomic E-state index is 12.3. The van der Waals surface area contributed by atoms with E-state index >= 15 is 0 Å². The SMILES string of the molecule is C=CC(=O)Oc1ccc(C#Cc2ccc(-c3cc(OC(=O)C=C)c(C#Cc4ccc(OC(=O)C=C)cc4)c(OC(=O)C=C)c3)cc2)cc1. The summed E-state index contributed by atoms with van der Waals surface area (Å²) >= 11 is 0. The molecular weight excluding hydrogens is 608 g/mol. The summed E-state index contributed by atoms with van der Waals surface area (Å²) in [5, 5.41) is 0. The molecule has 0 saturated carbocycles. The van der Waals surface area contributed by atoms with Crippen LogP contribution in [0.1, 0.15) is 22.3 Å². The van der Waals surface area contributed by atoms with Crippen molar-refractivity contribution in [3.05, 3.63) is 158 Å². The fourth-order valence-electron chi connectivity index (χ4n) is 3.89. The van der Waals surface area contributed by atoms with Gasteiger partial charge in [-0.15, -0.1) is 0 Å². The predicted octanol–water partition coefficient (Wildman–Crippen LogP) is 6.52. The van der Waals surface area contributed by atoms with Gasteiger partial charge in [0.15, 0.2) is 11.5 Å². The van der Waals surface area contributed by atoms with Gasteiger partial charge in [0.2, 0.25) is 0 Å². The third-order valence-corrected chi connectivity index (χ3v) is 6.20. The highest BCUT2D eigenvalue weighted by Crippen LogP contribution is 2.35. The predicted molar refractivity (Wildman–Crippen MR) is 180 cm³/mol. The minimum atomic E-state index is -0.748. The lowest BCUT2D eigenvalue weighted by atomic mass is 10.0. The Balaban J connectivity index is 1.67. The second-order valence-electron chi connectivity index (χ2n) is 9.47. The molecule has 0 aliphatic rings. The Bertz CT molecular complexity index is 2000. The monoisotopic (exact) mass is 634 g/mol. The van der Waals surface area contributed by atoms with Crippen molar-refractivity contribution in [1.29, 1.82) is 0 Å². The molecule has 48 heavy (non-hydrogen) atoms. The van der Waals surface area contributed by atoms with Crippen LogP contribution in [-0.4, -0.2) is 23.9 Å². The molecule has 0 heterocycles. The van der Waals surface area contributed by atoms with Gasteiger partial charge >= 0.3 is 23.9 Å². The van der Waals surface area contributed by atoms with Gasteiger partial charge in [-0.05, 0) is 83.9 Å². The van der Waals surface area contributed by atoms with Gasteiger partial charge in [0.05, 0.1) is 0 Å². The molecule has 0 aliphatic carbocycles. The molecule has 0 radical (unpaired) electrons. The highest BCUT2D eigenvalue weighted by atomic mass is 16.6. The number of hydrogen-bond donors (Lipinski definition) is 0. The summed E-state index contributed by atoms with van der Waals surface area (Å²) < 4.78 is 21.2. The van der Waals surface area contributed by atoms with E-state index in [1.807, 2.05) is 12.1 Å². The zero-order valence-corrected chi connectivity index (χ0v) is 25.5. The van der Waals surface area contributed by atoms with Crippen LogP contribution in [-0.2, 0) is 19.2 Å². The van der Waals surface area contributed by atoms with Crippen LogP contribution in [0.25, 0.3) is 11.1 Å². The molecule has 0 saturated heterocycles. The molecule has 0 unspecified atom stereocenters. The van der Waals surface area contributed by atoms with Gasteiger partial charge in [0.25, 0.3) is 0 Å². The number of carbonyl (C=O) groups excluding carboxylic acids is 4. The molecule has 0 atom stereocenters. The van der Waals surface area contributed by atoms with Crippen LogP contribution in [0.15, 0.2) is 136 Å². The Labute approximate surface area is 277 Å². The van der Waals surface area contributed by atoms with Crippen LogP contribution in [0.5, 0.6) is 23.0 Å². The van der Waals surface area contributed by atoms with Crippen LogP contribution in [0.4, 0.5) is 0 Å². The number of esters is 4. The summed E-state index contributed by atoms with van der Waals surface area (Å²) in [6.45, 7) is 13.7. The number of carbonyl (C=O) groups is 4. The summed E-state index contributed by atoms with van der Waals surface area (Å²) in [5.74, 6) is 10.1. The van der Waals surface area contributed by atoms with Crippen molar-refractivity contribution in [3.63, 3.8) is 0 Å². The standard InChI is InChI=1S/C40H26O8/c1-5-37(41)45-32-20-13-28(14-21-32)10-9-27-11-18-30(19-12-27)31-25-35(47-39(43)7-3)34(36(26-31)48-40(44)8-4)24-17-29-15-22-33(23-16-29)46-38(42)6-2/h5-8,11-16,18-23,25-26H,1-4H2. The van der Waals surface area contributed by atoms with Crippen molar-refractivity contribution in [3.8, 4) is 57.8 Å². The third-order valence-electron chi connectivity index (χ3n) is 6.20. The number of ether oxygens (including phenoxy) is 4. The molecule has 234 valence electrons. The van der Waals surface area contributed by atoms with E-state index in [-0.39, 0.29) is 17.1 Å². The summed E-state index contributed by atoms with van der Waals surface area (Å²) in [5.41, 5.74) is 3.33. The molecule has 4 rings (SSSR count). The molecule has 8 heteroatoms. The Kier molecular flexibility index (Phi) is 11.4. The van der Waals surface area contributed by atoms with E-state index in [1.165, 1.54) is 0 Å². The van der Waals surface area contributed by atoms with Crippen molar-refractivity contribution >= 4 is 23.9 Å². The molecule has 0 N–H and O–H groups in total. The van der Waals surface area contributed by atoms with Crippen LogP contribution >= 0.6 is 0 Å². The van der Waals surface area contributed by atoms with E-state index < -0.39 is 23.9 Å². The molecule has 0 aliphatic heterocycles. The topological polar surface area (TPSA) is 105 Å². The first-order valence-electron chi connectivity index (χ1n) is 14.1. The average molecular weight is 635 g/mol. The largest absolute Gasteiger partial charge is 0.423 e. The van der Waals surface area contributed by atoms with Crippen molar-refractivity contribution in [2.75, 3.05) is 0 Å². The minimum Gasteiger partial charge on any atom is -0.423 e. The van der Waals surface area contributed by atoms with Gasteiger partial charge in [-0.2, -0.15) is 0 Å². The van der Waals surface area contributed by atoms with Crippen molar-refractivity contribution in [2.45, 2.75) is 0 Å². The van der Waals surface area contributed by atoms with Crippen LogP contribution in [0.3, 0.4) is 0 Å². The molecule has 4 aromatic carbocycles. The normalized spacial score (nSPS) is 9.58. The molecular formula is C40H26O8. The van der Waals surface area contributed by atoms with Gasteiger partial charge in [0.1, 0.15) is 17.1 Å². The Hall–Kier alpha value is -7.16. The fourth-order valence-corrected chi connectivity index (χ4v) is 3.89. The van der Waals surface area contributed by atoms with Gasteiger partial charge < -0.3 is 18.9 Å². The van der Waals surface area contributed by atoms with Gasteiger partial charge in [-0.1, -0.05) is 62.1 Å². The first-order chi connectivity index (χ1) is 23.2. The molecule has 0 aromatic heterocycles. The first kappa shape index (κ1) is 33.7. The van der Waals surface area contributed by atoms with Crippen molar-refractivity contribution in [2.24, 2.45) is 0 Å². The highest BCUT2D eigenvalue weighted by molar-refractivity contribution is 5.87. The Morgan fingerprint density at radius 2 is 0.771 bits per heavy atom. The van der Waals surface area contributed by atoms with E-state index in [9.17, 15) is 19.2 Å². The van der Waals surface area contributed by atoms with E-state index in [0.717, 1.165) is 24.3 Å². The average Bonchev–Trinajstić information content (AvgIpc) is 3.11. The van der Waals surface area contributed by atoms with Crippen LogP contribution in [0, 0.1) is 23.7 Å². The molecule has 0 spiro atoms. The lowest BCUT2D eigenvalue weighted by Gasteiger charge is -2.13. The quantitative estimate of drug-likeness (QED) is 0.0888. The zero-order chi connectivity index (χ0) is 34.5. The maximum atomic E-state index is 12.3. The van der Waals surface area contributed by atoms with E-state index in [0.29, 0.717) is 39.3 Å². The lowest BCUT2D eigenvalue weighted by molar-refractivity contribution is -0.130. The number of benzene rings is 4. The second-order valence-corrected chi connectivity index (χ2v) is 9.47. The molecule has 4 aromatic rings. The molecule has 0 fully saturated rings. The van der Waals surface area contributed by atoms with Gasteiger partial charge in [0, 0.05) is 41.0 Å². The number of hydrogen-bond acceptors (Lipinski definition) is 8. The highest BCUT2D eigenvalue weighted by Gasteiger charge is 2.17. The smallest absolute Gasteiger partial charge is 0.335 e. The zero-order valence-electron chi connectivity index (χ0n) is 25.5. The van der Waals surface area contributed by atoms with E-state index in [4.69, 9.17) is 18.9 Å². The first-order valence-corrected chi connectivity index (χ1v) is 14.1. The summed E-state index contributed by atoms with van der Waals surface area (Å²) in [7, 11) is 0. The molecule has 8 nitrogen and oxygen atoms in total. The third kappa shape index (κ3) is 9.42. The minimum absolute atomic E-state index is 0.0272. The van der Waals surface area contributed by atoms with Gasteiger partial charge in [-0.3, -0.25) is 0 Å². The summed E-state index contributed by atoms with van der Waals surface area (Å²) in [4.78, 5) is 47.4. The molecule has 0 bridgehead atoms. The lowest BCUT2D eigenvalue weighted by Crippen LogP contribution is -2.09. The Morgan fingerprint density at radius 1 is 0.438 bits per heavy atom. The van der Waals surface area contributed by atoms with Crippen LogP contribution < -0.4 is 18.9 Å².